The van der Waals surface area contributed by atoms with E-state index in [1.165, 1.54) is 4.90 Å². The Morgan fingerprint density at radius 1 is 1.58 bits per heavy atom. The van der Waals surface area contributed by atoms with Crippen LogP contribution in [0.4, 0.5) is 8.78 Å². The molecule has 0 aromatic heterocycles. The maximum Gasteiger partial charge on any atom is 0.255 e. The van der Waals surface area contributed by atoms with Gasteiger partial charge in [0, 0.05) is 18.3 Å². The van der Waals surface area contributed by atoms with E-state index in [9.17, 15) is 13.6 Å². The number of hydrogen-bond donors (Lipinski definition) is 0. The van der Waals surface area contributed by atoms with Crippen molar-refractivity contribution >= 4 is 21.8 Å². The van der Waals surface area contributed by atoms with Gasteiger partial charge in [-0.15, -0.1) is 0 Å². The van der Waals surface area contributed by atoms with E-state index >= 15 is 0 Å². The van der Waals surface area contributed by atoms with Gasteiger partial charge in [-0.3, -0.25) is 4.79 Å². The second-order valence-electron chi connectivity index (χ2n) is 2.27. The largest absolute Gasteiger partial charge is 0.336 e. The van der Waals surface area contributed by atoms with Gasteiger partial charge in [0.05, 0.1) is 6.54 Å². The zero-order chi connectivity index (χ0) is 9.56. The van der Waals surface area contributed by atoms with E-state index in [4.69, 9.17) is 0 Å². The molecule has 0 aromatic carbocycles. The minimum absolute atomic E-state index is 0.227. The van der Waals surface area contributed by atoms with Crippen LogP contribution in [-0.4, -0.2) is 35.7 Å². The van der Waals surface area contributed by atoms with Crippen LogP contribution >= 0.6 is 15.9 Å². The molecule has 72 valence electrons. The van der Waals surface area contributed by atoms with Crippen LogP contribution in [0, 0.1) is 0 Å². The van der Waals surface area contributed by atoms with Crippen LogP contribution < -0.4 is 0 Å². The zero-order valence-electron chi connectivity index (χ0n) is 6.90. The number of rotatable bonds is 5. The minimum atomic E-state index is -2.44. The van der Waals surface area contributed by atoms with Gasteiger partial charge in [0.15, 0.2) is 0 Å². The average molecular weight is 244 g/mol. The molecule has 0 bridgehead atoms. The van der Waals surface area contributed by atoms with Crippen molar-refractivity contribution in [3.8, 4) is 0 Å². The van der Waals surface area contributed by atoms with E-state index in [1.54, 1.807) is 6.92 Å². The Hall–Kier alpha value is -0.190. The third-order valence-electron chi connectivity index (χ3n) is 1.37. The predicted molar refractivity (Wildman–Crippen MR) is 46.7 cm³/mol. The molecule has 1 amide bonds. The van der Waals surface area contributed by atoms with Crippen LogP contribution in [0.15, 0.2) is 0 Å². The fraction of sp³-hybridized carbons (Fsp3) is 0.857. The summed E-state index contributed by atoms with van der Waals surface area (Å²) in [6.07, 6.45) is -2.17. The van der Waals surface area contributed by atoms with Crippen molar-refractivity contribution in [2.45, 2.75) is 19.8 Å². The van der Waals surface area contributed by atoms with Crippen molar-refractivity contribution in [2.24, 2.45) is 0 Å². The Bertz CT molecular complexity index is 143. The van der Waals surface area contributed by atoms with Crippen LogP contribution in [0.25, 0.3) is 0 Å². The maximum atomic E-state index is 11.9. The van der Waals surface area contributed by atoms with Gasteiger partial charge in [-0.25, -0.2) is 8.78 Å². The molecule has 0 atom stereocenters. The molecule has 0 aliphatic rings. The highest BCUT2D eigenvalue weighted by molar-refractivity contribution is 9.09. The summed E-state index contributed by atoms with van der Waals surface area (Å²) in [6, 6.07) is 0. The lowest BCUT2D eigenvalue weighted by atomic mass is 10.4. The summed E-state index contributed by atoms with van der Waals surface area (Å²) in [5.74, 6) is -0.227. The summed E-state index contributed by atoms with van der Waals surface area (Å²) < 4.78 is 23.8. The van der Waals surface area contributed by atoms with E-state index in [-0.39, 0.29) is 12.3 Å². The van der Waals surface area contributed by atoms with Crippen LogP contribution in [0.1, 0.15) is 13.3 Å². The van der Waals surface area contributed by atoms with Crippen LogP contribution in [0.5, 0.6) is 0 Å². The van der Waals surface area contributed by atoms with E-state index in [1.807, 2.05) is 0 Å². The maximum absolute atomic E-state index is 11.9. The molecule has 5 heteroatoms. The molecule has 0 saturated carbocycles. The lowest BCUT2D eigenvalue weighted by Crippen LogP contribution is -2.35. The van der Waals surface area contributed by atoms with Gasteiger partial charge in [-0.1, -0.05) is 22.9 Å². The highest BCUT2D eigenvalue weighted by Gasteiger charge is 2.15. The monoisotopic (exact) mass is 243 g/mol. The zero-order valence-corrected chi connectivity index (χ0v) is 8.48. The Kier molecular flexibility index (Phi) is 6.24. The number of hydrogen-bond acceptors (Lipinski definition) is 1. The van der Waals surface area contributed by atoms with Gasteiger partial charge in [-0.2, -0.15) is 0 Å². The fourth-order valence-electron chi connectivity index (χ4n) is 0.810. The molecule has 0 unspecified atom stereocenters. The van der Waals surface area contributed by atoms with E-state index in [0.29, 0.717) is 11.9 Å². The third-order valence-corrected chi connectivity index (χ3v) is 1.72. The van der Waals surface area contributed by atoms with Crippen molar-refractivity contribution < 1.29 is 13.6 Å². The third kappa shape index (κ3) is 4.64. The normalized spacial score (nSPS) is 10.4. The smallest absolute Gasteiger partial charge is 0.255 e. The molecule has 0 rings (SSSR count). The standard InChI is InChI=1S/C7H12BrF2NO/c1-2-7(12)11(4-3-8)5-6(9)10/h6H,2-5H2,1H3. The molecule has 0 radical (unpaired) electrons. The SMILES string of the molecule is CCC(=O)N(CCBr)CC(F)F. The van der Waals surface area contributed by atoms with Crippen LogP contribution in [0.2, 0.25) is 0 Å². The van der Waals surface area contributed by atoms with E-state index < -0.39 is 13.0 Å². The highest BCUT2D eigenvalue weighted by atomic mass is 79.9. The quantitative estimate of drug-likeness (QED) is 0.676. The van der Waals surface area contributed by atoms with E-state index in [2.05, 4.69) is 15.9 Å². The van der Waals surface area contributed by atoms with Crippen molar-refractivity contribution in [2.75, 3.05) is 18.4 Å². The predicted octanol–water partition coefficient (Wildman–Crippen LogP) is 1.89. The summed E-state index contributed by atoms with van der Waals surface area (Å²) >= 11 is 3.10. The first-order valence-corrected chi connectivity index (χ1v) is 4.85. The summed E-state index contributed by atoms with van der Waals surface area (Å²) in [5.41, 5.74) is 0. The summed E-state index contributed by atoms with van der Waals surface area (Å²) in [6.45, 7) is 1.55. The van der Waals surface area contributed by atoms with Crippen molar-refractivity contribution in [1.82, 2.24) is 4.90 Å². The number of halogens is 3. The molecule has 0 aromatic rings. The molecule has 2 nitrogen and oxygen atoms in total. The molecular weight excluding hydrogens is 232 g/mol. The Morgan fingerprint density at radius 3 is 2.50 bits per heavy atom. The van der Waals surface area contributed by atoms with Crippen LogP contribution in [0.3, 0.4) is 0 Å². The first kappa shape index (κ1) is 11.8. The lowest BCUT2D eigenvalue weighted by Gasteiger charge is -2.20. The van der Waals surface area contributed by atoms with Gasteiger partial charge in [0.2, 0.25) is 5.91 Å². The first-order valence-electron chi connectivity index (χ1n) is 3.73. The van der Waals surface area contributed by atoms with Gasteiger partial charge >= 0.3 is 0 Å². The van der Waals surface area contributed by atoms with Crippen molar-refractivity contribution in [1.29, 1.82) is 0 Å². The molecule has 0 aliphatic carbocycles. The van der Waals surface area contributed by atoms with E-state index in [0.717, 1.165) is 0 Å². The fourth-order valence-corrected chi connectivity index (χ4v) is 1.24. The van der Waals surface area contributed by atoms with Gasteiger partial charge in [0.25, 0.3) is 6.43 Å². The van der Waals surface area contributed by atoms with Gasteiger partial charge in [0.1, 0.15) is 0 Å². The molecule has 0 aliphatic heterocycles. The van der Waals surface area contributed by atoms with Crippen molar-refractivity contribution in [3.05, 3.63) is 0 Å². The van der Waals surface area contributed by atoms with Gasteiger partial charge < -0.3 is 4.90 Å². The average Bonchev–Trinajstić information content (AvgIpc) is 2.01. The molecular formula is C7H12BrF2NO. The second kappa shape index (κ2) is 6.34. The topological polar surface area (TPSA) is 20.3 Å². The number of carbonyl (C=O) groups is 1. The molecule has 0 fully saturated rings. The number of carbonyl (C=O) groups excluding carboxylic acids is 1. The van der Waals surface area contributed by atoms with Crippen molar-refractivity contribution in [3.63, 3.8) is 0 Å². The molecule has 0 spiro atoms. The lowest BCUT2D eigenvalue weighted by molar-refractivity contribution is -0.132. The first-order chi connectivity index (χ1) is 5.61. The Morgan fingerprint density at radius 2 is 2.17 bits per heavy atom. The number of nitrogens with zero attached hydrogens (tertiary/aromatic N) is 1. The minimum Gasteiger partial charge on any atom is -0.336 e. The van der Waals surface area contributed by atoms with Crippen LogP contribution in [-0.2, 0) is 4.79 Å². The number of alkyl halides is 3. The Balaban J connectivity index is 3.94. The molecule has 12 heavy (non-hydrogen) atoms. The van der Waals surface area contributed by atoms with Gasteiger partial charge in [-0.05, 0) is 0 Å². The Labute approximate surface area is 79.0 Å². The summed E-state index contributed by atoms with van der Waals surface area (Å²) in [4.78, 5) is 12.2. The summed E-state index contributed by atoms with van der Waals surface area (Å²) in [7, 11) is 0. The summed E-state index contributed by atoms with van der Waals surface area (Å²) in [5, 5.41) is 0.533. The second-order valence-corrected chi connectivity index (χ2v) is 3.07. The molecule has 0 heterocycles. The molecule has 0 N–H and O–H groups in total. The number of amides is 1. The highest BCUT2D eigenvalue weighted by Crippen LogP contribution is 2.01. The molecule has 0 saturated heterocycles.